The van der Waals surface area contributed by atoms with Crippen LogP contribution in [0.2, 0.25) is 31.0 Å². The predicted molar refractivity (Wildman–Crippen MR) is 98.9 cm³/mol. The molecule has 0 aromatic carbocycles. The summed E-state index contributed by atoms with van der Waals surface area (Å²) in [7, 11) is 0.769. The molecule has 0 amide bonds. The highest BCUT2D eigenvalue weighted by Crippen LogP contribution is 2.28. The topological polar surface area (TPSA) is 52.0 Å². The van der Waals surface area contributed by atoms with E-state index in [-0.39, 0.29) is 5.28 Å². The van der Waals surface area contributed by atoms with Gasteiger partial charge in [-0.2, -0.15) is 4.98 Å². The van der Waals surface area contributed by atoms with Gasteiger partial charge in [-0.1, -0.05) is 19.6 Å². The first kappa shape index (κ1) is 17.0. The second-order valence-corrected chi connectivity index (χ2v) is 13.2. The fourth-order valence-corrected chi connectivity index (χ4v) is 3.69. The number of nitrogens with one attached hydrogen (secondary N) is 1. The summed E-state index contributed by atoms with van der Waals surface area (Å²) in [4.78, 5) is 8.55. The van der Waals surface area contributed by atoms with Crippen molar-refractivity contribution in [2.24, 2.45) is 0 Å². The van der Waals surface area contributed by atoms with Gasteiger partial charge in [0, 0.05) is 31.5 Å². The molecule has 0 fully saturated rings. The van der Waals surface area contributed by atoms with Crippen molar-refractivity contribution in [3.8, 4) is 0 Å². The monoisotopic (exact) mass is 438 g/mol. The molecule has 0 bridgehead atoms. The maximum Gasteiger partial charge on any atom is 0.226 e. The first-order valence-electron chi connectivity index (χ1n) is 6.79. The van der Waals surface area contributed by atoms with E-state index < -0.39 is 8.07 Å². The average Bonchev–Trinajstić information content (AvgIpc) is 2.69. The number of rotatable bonds is 6. The van der Waals surface area contributed by atoms with E-state index in [0.717, 1.165) is 33.1 Å². The highest BCUT2D eigenvalue weighted by atomic mass is 127. The Kier molecular flexibility index (Phi) is 5.50. The molecular weight excluding hydrogens is 419 g/mol. The second kappa shape index (κ2) is 6.80. The SMILES string of the molecule is CNc1nc(Cl)nc2c1c(I)cn2COCC[Si](C)(C)C. The molecule has 21 heavy (non-hydrogen) atoms. The predicted octanol–water partition coefficient (Wildman–Crippen LogP) is 4.04. The van der Waals surface area contributed by atoms with E-state index >= 15 is 0 Å². The zero-order valence-electron chi connectivity index (χ0n) is 12.7. The lowest BCUT2D eigenvalue weighted by Gasteiger charge is -2.15. The minimum absolute atomic E-state index is 0.240. The summed E-state index contributed by atoms with van der Waals surface area (Å²) >= 11 is 8.27. The van der Waals surface area contributed by atoms with Gasteiger partial charge in [-0.15, -0.1) is 0 Å². The van der Waals surface area contributed by atoms with E-state index in [0.29, 0.717) is 6.73 Å². The fraction of sp³-hybridized carbons (Fsp3) is 0.538. The van der Waals surface area contributed by atoms with E-state index in [9.17, 15) is 0 Å². The van der Waals surface area contributed by atoms with Crippen LogP contribution in [-0.4, -0.2) is 36.3 Å². The maximum absolute atomic E-state index is 5.99. The summed E-state index contributed by atoms with van der Waals surface area (Å²) < 4.78 is 8.86. The highest BCUT2D eigenvalue weighted by molar-refractivity contribution is 14.1. The quantitative estimate of drug-likeness (QED) is 0.320. The van der Waals surface area contributed by atoms with Crippen molar-refractivity contribution >= 4 is 59.1 Å². The second-order valence-electron chi connectivity index (χ2n) is 6.08. The van der Waals surface area contributed by atoms with Gasteiger partial charge in [-0.3, -0.25) is 0 Å². The zero-order valence-corrected chi connectivity index (χ0v) is 16.6. The minimum atomic E-state index is -1.06. The molecule has 5 nitrogen and oxygen atoms in total. The number of hydrogen-bond acceptors (Lipinski definition) is 4. The van der Waals surface area contributed by atoms with Crippen molar-refractivity contribution in [2.75, 3.05) is 19.0 Å². The first-order valence-corrected chi connectivity index (χ1v) is 12.0. The van der Waals surface area contributed by atoms with Crippen LogP contribution in [0.4, 0.5) is 5.82 Å². The fourth-order valence-electron chi connectivity index (χ4n) is 1.93. The molecule has 2 heterocycles. The first-order chi connectivity index (χ1) is 9.81. The largest absolute Gasteiger partial charge is 0.372 e. The van der Waals surface area contributed by atoms with Crippen molar-refractivity contribution in [2.45, 2.75) is 32.4 Å². The molecule has 0 aliphatic carbocycles. The van der Waals surface area contributed by atoms with Gasteiger partial charge in [-0.05, 0) is 40.2 Å². The number of halogens is 2. The molecule has 0 aliphatic rings. The molecule has 2 rings (SSSR count). The van der Waals surface area contributed by atoms with E-state index in [2.05, 4.69) is 57.5 Å². The van der Waals surface area contributed by atoms with Crippen LogP contribution in [0.1, 0.15) is 0 Å². The summed E-state index contributed by atoms with van der Waals surface area (Å²) in [6.07, 6.45) is 2.02. The van der Waals surface area contributed by atoms with Crippen LogP contribution >= 0.6 is 34.2 Å². The molecule has 0 saturated heterocycles. The van der Waals surface area contributed by atoms with Gasteiger partial charge in [-0.25, -0.2) is 4.98 Å². The summed E-state index contributed by atoms with van der Waals surface area (Å²) in [5.41, 5.74) is 0.803. The lowest BCUT2D eigenvalue weighted by Crippen LogP contribution is -2.22. The van der Waals surface area contributed by atoms with Crippen LogP contribution in [0.15, 0.2) is 6.20 Å². The van der Waals surface area contributed by atoms with Gasteiger partial charge in [0.2, 0.25) is 5.28 Å². The minimum Gasteiger partial charge on any atom is -0.372 e. The average molecular weight is 439 g/mol. The summed E-state index contributed by atoms with van der Waals surface area (Å²) in [6, 6.07) is 1.15. The Labute approximate surface area is 144 Å². The van der Waals surface area contributed by atoms with Crippen molar-refractivity contribution in [3.05, 3.63) is 15.1 Å². The lowest BCUT2D eigenvalue weighted by molar-refractivity contribution is 0.0898. The van der Waals surface area contributed by atoms with Crippen LogP contribution in [0.3, 0.4) is 0 Å². The van der Waals surface area contributed by atoms with Crippen LogP contribution in [0, 0.1) is 3.57 Å². The summed E-state index contributed by atoms with van der Waals surface area (Å²) in [6.45, 7) is 8.30. The molecule has 116 valence electrons. The van der Waals surface area contributed by atoms with Crippen LogP contribution in [0.25, 0.3) is 11.0 Å². The van der Waals surface area contributed by atoms with Gasteiger partial charge in [0.25, 0.3) is 0 Å². The summed E-state index contributed by atoms with van der Waals surface area (Å²) in [5.74, 6) is 0.746. The van der Waals surface area contributed by atoms with Crippen LogP contribution in [-0.2, 0) is 11.5 Å². The molecule has 8 heteroatoms. The molecule has 0 spiro atoms. The smallest absolute Gasteiger partial charge is 0.226 e. The third kappa shape index (κ3) is 4.30. The number of nitrogens with zero attached hydrogens (tertiary/aromatic N) is 3. The Balaban J connectivity index is 2.19. The standard InChI is InChI=1S/C13H20ClIN4OSi/c1-16-11-10-9(15)7-19(12(10)18-13(14)17-11)8-20-5-6-21(2,3)4/h7H,5-6,8H2,1-4H3,(H,16,17,18). The number of ether oxygens (including phenoxy) is 1. The van der Waals surface area contributed by atoms with Crippen molar-refractivity contribution in [1.82, 2.24) is 14.5 Å². The molecule has 0 radical (unpaired) electrons. The van der Waals surface area contributed by atoms with Gasteiger partial charge in [0.05, 0.1) is 5.39 Å². The van der Waals surface area contributed by atoms with Crippen molar-refractivity contribution in [1.29, 1.82) is 0 Å². The van der Waals surface area contributed by atoms with Gasteiger partial charge < -0.3 is 14.6 Å². The van der Waals surface area contributed by atoms with Crippen molar-refractivity contribution < 1.29 is 4.74 Å². The van der Waals surface area contributed by atoms with Gasteiger partial charge >= 0.3 is 0 Å². The molecule has 0 saturated carbocycles. The van der Waals surface area contributed by atoms with Gasteiger partial charge in [0.1, 0.15) is 18.2 Å². The number of anilines is 1. The van der Waals surface area contributed by atoms with E-state index in [1.165, 1.54) is 0 Å². The third-order valence-corrected chi connectivity index (χ3v) is 5.80. The number of fused-ring (bicyclic) bond motifs is 1. The maximum atomic E-state index is 5.99. The molecule has 1 N–H and O–H groups in total. The number of aromatic nitrogens is 3. The van der Waals surface area contributed by atoms with Crippen LogP contribution < -0.4 is 5.32 Å². The Morgan fingerprint density at radius 1 is 1.38 bits per heavy atom. The lowest BCUT2D eigenvalue weighted by atomic mass is 10.4. The van der Waals surface area contributed by atoms with Crippen molar-refractivity contribution in [3.63, 3.8) is 0 Å². The normalized spacial score (nSPS) is 12.1. The van der Waals surface area contributed by atoms with E-state index in [1.54, 1.807) is 0 Å². The molecule has 0 unspecified atom stereocenters. The molecule has 0 atom stereocenters. The third-order valence-electron chi connectivity index (χ3n) is 3.11. The van der Waals surface area contributed by atoms with Crippen LogP contribution in [0.5, 0.6) is 0 Å². The number of hydrogen-bond donors (Lipinski definition) is 1. The highest BCUT2D eigenvalue weighted by Gasteiger charge is 2.15. The molecule has 2 aromatic heterocycles. The molecule has 0 aliphatic heterocycles. The Bertz CT molecular complexity index is 641. The molecule has 2 aromatic rings. The Hall–Kier alpha value is -0.383. The van der Waals surface area contributed by atoms with E-state index in [1.807, 2.05) is 17.8 Å². The zero-order chi connectivity index (χ0) is 15.6. The van der Waals surface area contributed by atoms with Gasteiger partial charge in [0.15, 0.2) is 0 Å². The Morgan fingerprint density at radius 3 is 2.71 bits per heavy atom. The van der Waals surface area contributed by atoms with E-state index in [4.69, 9.17) is 16.3 Å². The summed E-state index contributed by atoms with van der Waals surface area (Å²) in [5, 5.41) is 4.29. The Morgan fingerprint density at radius 2 is 2.10 bits per heavy atom. The molecular formula is C13H20ClIN4OSi.